The molecule has 7 heteroatoms. The number of nitrogens with zero attached hydrogens (tertiary/aromatic N) is 2. The Morgan fingerprint density at radius 3 is 2.59 bits per heavy atom. The molecule has 0 aliphatic heterocycles. The number of rotatable bonds is 8. The zero-order valence-corrected chi connectivity index (χ0v) is 14.5. The standard InChI is InChI=1S/C20H16N2O5/c1-3-9-27-20-15(11-17(22(24)25)12-18(20)26-2)10-16(13-21)19(23)14-7-5-4-6-8-14/h3-8,10-12H,1,9H2,2H3/b16-10-. The van der Waals surface area contributed by atoms with Crippen LogP contribution in [0.25, 0.3) is 6.08 Å². The number of ether oxygens (including phenoxy) is 2. The Balaban J connectivity index is 2.62. The molecule has 0 heterocycles. The molecule has 0 fully saturated rings. The van der Waals surface area contributed by atoms with Crippen LogP contribution < -0.4 is 9.47 Å². The van der Waals surface area contributed by atoms with Crippen LogP contribution >= 0.6 is 0 Å². The van der Waals surface area contributed by atoms with Gasteiger partial charge in [-0.05, 0) is 6.08 Å². The van der Waals surface area contributed by atoms with Crippen LogP contribution in [0.5, 0.6) is 11.5 Å². The molecule has 27 heavy (non-hydrogen) atoms. The summed E-state index contributed by atoms with van der Waals surface area (Å²) in [5.41, 5.74) is 0.0701. The number of ketones is 1. The van der Waals surface area contributed by atoms with Crippen molar-refractivity contribution in [2.45, 2.75) is 0 Å². The second kappa shape index (κ2) is 8.97. The Morgan fingerprint density at radius 2 is 2.04 bits per heavy atom. The SMILES string of the molecule is C=CCOc1c(/C=C(/C#N)C(=O)c2ccccc2)cc([N+](=O)[O-])cc1OC. The predicted molar refractivity (Wildman–Crippen MR) is 99.7 cm³/mol. The van der Waals surface area contributed by atoms with E-state index in [9.17, 15) is 20.2 Å². The van der Waals surface area contributed by atoms with Crippen molar-refractivity contribution in [3.05, 3.63) is 81.9 Å². The van der Waals surface area contributed by atoms with Crippen LogP contribution in [0, 0.1) is 21.4 Å². The first-order valence-corrected chi connectivity index (χ1v) is 7.83. The minimum Gasteiger partial charge on any atom is -0.493 e. The summed E-state index contributed by atoms with van der Waals surface area (Å²) in [5.74, 6) is -0.211. The number of methoxy groups -OCH3 is 1. The van der Waals surface area contributed by atoms with Crippen LogP contribution in [-0.4, -0.2) is 24.4 Å². The molecule has 2 rings (SSSR count). The van der Waals surface area contributed by atoms with E-state index in [-0.39, 0.29) is 34.9 Å². The lowest BCUT2D eigenvalue weighted by atomic mass is 10.0. The molecule has 0 saturated heterocycles. The van der Waals surface area contributed by atoms with Crippen molar-refractivity contribution < 1.29 is 19.2 Å². The van der Waals surface area contributed by atoms with Gasteiger partial charge in [-0.15, -0.1) is 0 Å². The largest absolute Gasteiger partial charge is 0.493 e. The first-order chi connectivity index (χ1) is 13.0. The van der Waals surface area contributed by atoms with E-state index < -0.39 is 10.7 Å². The Morgan fingerprint density at radius 1 is 1.33 bits per heavy atom. The van der Waals surface area contributed by atoms with E-state index in [0.717, 1.165) is 0 Å². The Kier molecular flexibility index (Phi) is 6.44. The van der Waals surface area contributed by atoms with Gasteiger partial charge in [0.25, 0.3) is 5.69 Å². The molecular formula is C20H16N2O5. The number of nitro benzene ring substituents is 1. The molecule has 0 aromatic heterocycles. The van der Waals surface area contributed by atoms with Gasteiger partial charge in [0.15, 0.2) is 11.5 Å². The summed E-state index contributed by atoms with van der Waals surface area (Å²) in [4.78, 5) is 23.2. The molecule has 0 N–H and O–H groups in total. The van der Waals surface area contributed by atoms with Crippen molar-refractivity contribution in [1.82, 2.24) is 0 Å². The summed E-state index contributed by atoms with van der Waals surface area (Å²) in [6, 6.07) is 12.5. The minimum atomic E-state index is -0.595. The van der Waals surface area contributed by atoms with Crippen molar-refractivity contribution >= 4 is 17.5 Å². The fraction of sp³-hybridized carbons (Fsp3) is 0.100. The molecule has 0 saturated carbocycles. The van der Waals surface area contributed by atoms with Crippen molar-refractivity contribution in [1.29, 1.82) is 5.26 Å². The van der Waals surface area contributed by atoms with Crippen molar-refractivity contribution in [2.75, 3.05) is 13.7 Å². The van der Waals surface area contributed by atoms with Gasteiger partial charge >= 0.3 is 0 Å². The highest BCUT2D eigenvalue weighted by atomic mass is 16.6. The van der Waals surface area contributed by atoms with Gasteiger partial charge < -0.3 is 9.47 Å². The van der Waals surface area contributed by atoms with Gasteiger partial charge in [0, 0.05) is 17.2 Å². The maximum absolute atomic E-state index is 12.6. The van der Waals surface area contributed by atoms with Gasteiger partial charge in [-0.25, -0.2) is 0 Å². The molecule has 0 aliphatic rings. The average molecular weight is 364 g/mol. The van der Waals surface area contributed by atoms with Gasteiger partial charge in [0.1, 0.15) is 18.2 Å². The number of benzene rings is 2. The third kappa shape index (κ3) is 4.58. The van der Waals surface area contributed by atoms with Gasteiger partial charge in [0.05, 0.1) is 18.1 Å². The van der Waals surface area contributed by atoms with Crippen LogP contribution in [-0.2, 0) is 0 Å². The van der Waals surface area contributed by atoms with Gasteiger partial charge in [-0.3, -0.25) is 14.9 Å². The summed E-state index contributed by atoms with van der Waals surface area (Å²) in [7, 11) is 1.34. The van der Waals surface area contributed by atoms with E-state index >= 15 is 0 Å². The lowest BCUT2D eigenvalue weighted by molar-refractivity contribution is -0.385. The van der Waals surface area contributed by atoms with Crippen LogP contribution in [0.3, 0.4) is 0 Å². The minimum absolute atomic E-state index is 0.113. The van der Waals surface area contributed by atoms with Crippen molar-refractivity contribution in [3.63, 3.8) is 0 Å². The van der Waals surface area contributed by atoms with Gasteiger partial charge in [-0.1, -0.05) is 43.0 Å². The second-order valence-corrected chi connectivity index (χ2v) is 5.29. The molecule has 0 atom stereocenters. The number of allylic oxidation sites excluding steroid dienone is 1. The maximum atomic E-state index is 12.6. The number of carbonyl (C=O) groups is 1. The number of non-ortho nitro benzene ring substituents is 1. The zero-order chi connectivity index (χ0) is 19.8. The molecule has 0 spiro atoms. The van der Waals surface area contributed by atoms with Gasteiger partial charge in [0.2, 0.25) is 5.78 Å². The smallest absolute Gasteiger partial charge is 0.274 e. The summed E-state index contributed by atoms with van der Waals surface area (Å²) in [6.07, 6.45) is 2.75. The molecule has 7 nitrogen and oxygen atoms in total. The third-order valence-corrected chi connectivity index (χ3v) is 3.55. The van der Waals surface area contributed by atoms with E-state index in [4.69, 9.17) is 9.47 Å². The lowest BCUT2D eigenvalue weighted by Crippen LogP contribution is -2.04. The molecule has 2 aromatic rings. The van der Waals surface area contributed by atoms with Crippen LogP contribution in [0.1, 0.15) is 15.9 Å². The third-order valence-electron chi connectivity index (χ3n) is 3.55. The molecular weight excluding hydrogens is 348 g/mol. The first kappa shape index (κ1) is 19.4. The van der Waals surface area contributed by atoms with E-state index in [1.165, 1.54) is 31.4 Å². The summed E-state index contributed by atoms with van der Waals surface area (Å²) in [5, 5.41) is 20.6. The molecule has 136 valence electrons. The second-order valence-electron chi connectivity index (χ2n) is 5.29. The first-order valence-electron chi connectivity index (χ1n) is 7.83. The van der Waals surface area contributed by atoms with Crippen molar-refractivity contribution in [2.24, 2.45) is 0 Å². The van der Waals surface area contributed by atoms with E-state index in [0.29, 0.717) is 5.56 Å². The molecule has 2 aromatic carbocycles. The van der Waals surface area contributed by atoms with Crippen LogP contribution in [0.2, 0.25) is 0 Å². The number of nitro groups is 1. The fourth-order valence-electron chi connectivity index (χ4n) is 2.32. The number of hydrogen-bond donors (Lipinski definition) is 0. The van der Waals surface area contributed by atoms with Crippen LogP contribution in [0.4, 0.5) is 5.69 Å². The summed E-state index contributed by atoms with van der Waals surface area (Å²) >= 11 is 0. The highest BCUT2D eigenvalue weighted by Gasteiger charge is 2.20. The average Bonchev–Trinajstić information content (AvgIpc) is 2.70. The molecule has 0 bridgehead atoms. The zero-order valence-electron chi connectivity index (χ0n) is 14.5. The van der Waals surface area contributed by atoms with E-state index in [1.807, 2.05) is 6.07 Å². The molecule has 0 radical (unpaired) electrons. The number of hydrogen-bond acceptors (Lipinski definition) is 6. The highest BCUT2D eigenvalue weighted by Crippen LogP contribution is 2.37. The Labute approximate surface area is 155 Å². The highest BCUT2D eigenvalue weighted by molar-refractivity contribution is 6.14. The fourth-order valence-corrected chi connectivity index (χ4v) is 2.32. The normalized spacial score (nSPS) is 10.6. The monoisotopic (exact) mass is 364 g/mol. The lowest BCUT2D eigenvalue weighted by Gasteiger charge is -2.12. The van der Waals surface area contributed by atoms with Gasteiger partial charge in [-0.2, -0.15) is 5.26 Å². The number of carbonyl (C=O) groups excluding carboxylic acids is 1. The van der Waals surface area contributed by atoms with Crippen molar-refractivity contribution in [3.8, 4) is 17.6 Å². The Hall–Kier alpha value is -3.92. The summed E-state index contributed by atoms with van der Waals surface area (Å²) < 4.78 is 10.7. The molecule has 0 unspecified atom stereocenters. The number of nitriles is 1. The number of Topliss-reactive ketones (excluding diaryl/α,β-unsaturated/α-hetero) is 1. The van der Waals surface area contributed by atoms with Crippen LogP contribution in [0.15, 0.2) is 60.7 Å². The predicted octanol–water partition coefficient (Wildman–Crippen LogP) is 3.96. The van der Waals surface area contributed by atoms with E-state index in [2.05, 4.69) is 6.58 Å². The summed E-state index contributed by atoms with van der Waals surface area (Å²) in [6.45, 7) is 3.67. The quantitative estimate of drug-likeness (QED) is 0.175. The van der Waals surface area contributed by atoms with E-state index in [1.54, 1.807) is 30.3 Å². The topological polar surface area (TPSA) is 102 Å². The molecule has 0 amide bonds. The molecule has 0 aliphatic carbocycles. The maximum Gasteiger partial charge on any atom is 0.274 e. The Bertz CT molecular complexity index is 943.